The van der Waals surface area contributed by atoms with Crippen molar-refractivity contribution in [2.45, 2.75) is 13.5 Å². The van der Waals surface area contributed by atoms with E-state index in [9.17, 15) is 9.59 Å². The number of amides is 2. The smallest absolute Gasteiger partial charge is 0.257 e. The monoisotopic (exact) mass is 404 g/mol. The van der Waals surface area contributed by atoms with Gasteiger partial charge in [0.15, 0.2) is 6.61 Å². The molecule has 3 aromatic carbocycles. The van der Waals surface area contributed by atoms with Crippen LogP contribution in [0.4, 0.5) is 5.69 Å². The van der Waals surface area contributed by atoms with Crippen LogP contribution in [0, 0.1) is 6.92 Å². The van der Waals surface area contributed by atoms with Crippen LogP contribution in [-0.2, 0) is 11.4 Å². The predicted octanol–water partition coefficient (Wildman–Crippen LogP) is 3.95. The van der Waals surface area contributed by atoms with Crippen LogP contribution in [0.5, 0.6) is 11.5 Å². The van der Waals surface area contributed by atoms with Crippen molar-refractivity contribution in [1.82, 2.24) is 5.32 Å². The lowest BCUT2D eigenvalue weighted by atomic mass is 10.1. The molecule has 3 rings (SSSR count). The van der Waals surface area contributed by atoms with Gasteiger partial charge in [0.1, 0.15) is 18.1 Å². The molecule has 0 fully saturated rings. The van der Waals surface area contributed by atoms with Crippen LogP contribution in [0.2, 0.25) is 0 Å². The van der Waals surface area contributed by atoms with Crippen LogP contribution in [0.1, 0.15) is 21.5 Å². The van der Waals surface area contributed by atoms with E-state index in [-0.39, 0.29) is 18.4 Å². The minimum absolute atomic E-state index is 0.0891. The maximum Gasteiger partial charge on any atom is 0.257 e. The third kappa shape index (κ3) is 6.10. The molecule has 0 saturated carbocycles. The lowest BCUT2D eigenvalue weighted by Crippen LogP contribution is -2.24. The SMILES string of the molecule is CNC(=O)COc1cccc(NC(=O)c2cccc(OCc3cccc(C)c3)c2)c1. The van der Waals surface area contributed by atoms with Crippen molar-refractivity contribution in [2.24, 2.45) is 0 Å². The zero-order valence-corrected chi connectivity index (χ0v) is 17.0. The van der Waals surface area contributed by atoms with Gasteiger partial charge in [0.25, 0.3) is 11.8 Å². The average Bonchev–Trinajstić information content (AvgIpc) is 2.76. The summed E-state index contributed by atoms with van der Waals surface area (Å²) in [6.45, 7) is 2.37. The van der Waals surface area contributed by atoms with Gasteiger partial charge in [0.05, 0.1) is 0 Å². The third-order valence-electron chi connectivity index (χ3n) is 4.32. The molecule has 6 heteroatoms. The molecule has 0 radical (unpaired) electrons. The molecule has 2 N–H and O–H groups in total. The first kappa shape index (κ1) is 20.9. The Hall–Kier alpha value is -3.80. The first-order valence-corrected chi connectivity index (χ1v) is 9.57. The summed E-state index contributed by atoms with van der Waals surface area (Å²) >= 11 is 0. The van der Waals surface area contributed by atoms with Gasteiger partial charge in [-0.25, -0.2) is 0 Å². The summed E-state index contributed by atoms with van der Waals surface area (Å²) in [6.07, 6.45) is 0. The van der Waals surface area contributed by atoms with Gasteiger partial charge < -0.3 is 20.1 Å². The number of anilines is 1. The second-order valence-electron chi connectivity index (χ2n) is 6.75. The summed E-state index contributed by atoms with van der Waals surface area (Å²) < 4.78 is 11.2. The van der Waals surface area contributed by atoms with E-state index in [1.165, 1.54) is 5.56 Å². The van der Waals surface area contributed by atoms with E-state index in [0.29, 0.717) is 29.4 Å². The highest BCUT2D eigenvalue weighted by Crippen LogP contribution is 2.20. The van der Waals surface area contributed by atoms with E-state index in [4.69, 9.17) is 9.47 Å². The van der Waals surface area contributed by atoms with Gasteiger partial charge >= 0.3 is 0 Å². The van der Waals surface area contributed by atoms with Gasteiger partial charge in [-0.3, -0.25) is 9.59 Å². The zero-order valence-electron chi connectivity index (χ0n) is 17.0. The first-order chi connectivity index (χ1) is 14.5. The maximum absolute atomic E-state index is 12.6. The Morgan fingerprint density at radius 2 is 1.60 bits per heavy atom. The molecule has 0 spiro atoms. The summed E-state index contributed by atoms with van der Waals surface area (Å²) in [5.41, 5.74) is 3.29. The number of ether oxygens (including phenoxy) is 2. The predicted molar refractivity (Wildman–Crippen MR) is 116 cm³/mol. The van der Waals surface area contributed by atoms with Gasteiger partial charge in [-0.15, -0.1) is 0 Å². The molecule has 0 bridgehead atoms. The number of carbonyl (C=O) groups is 2. The van der Waals surface area contributed by atoms with Crippen LogP contribution in [0.3, 0.4) is 0 Å². The van der Waals surface area contributed by atoms with Crippen molar-refractivity contribution in [1.29, 1.82) is 0 Å². The van der Waals surface area contributed by atoms with Crippen LogP contribution in [-0.4, -0.2) is 25.5 Å². The van der Waals surface area contributed by atoms with E-state index in [0.717, 1.165) is 5.56 Å². The van der Waals surface area contributed by atoms with E-state index < -0.39 is 0 Å². The average molecular weight is 404 g/mol. The Kier molecular flexibility index (Phi) is 7.05. The Labute approximate surface area is 175 Å². The Morgan fingerprint density at radius 1 is 0.867 bits per heavy atom. The number of benzene rings is 3. The number of nitrogens with one attached hydrogen (secondary N) is 2. The molecule has 3 aromatic rings. The van der Waals surface area contributed by atoms with Gasteiger partial charge in [-0.1, -0.05) is 42.0 Å². The van der Waals surface area contributed by atoms with Gasteiger partial charge in [-0.2, -0.15) is 0 Å². The second kappa shape index (κ2) is 10.1. The van der Waals surface area contributed by atoms with Crippen LogP contribution < -0.4 is 20.1 Å². The quantitative estimate of drug-likeness (QED) is 0.596. The van der Waals surface area contributed by atoms with E-state index in [2.05, 4.69) is 16.7 Å². The molecule has 6 nitrogen and oxygen atoms in total. The number of rotatable bonds is 8. The summed E-state index contributed by atoms with van der Waals surface area (Å²) in [5, 5.41) is 5.32. The first-order valence-electron chi connectivity index (χ1n) is 9.57. The van der Waals surface area contributed by atoms with E-state index in [1.807, 2.05) is 31.2 Å². The van der Waals surface area contributed by atoms with Crippen molar-refractivity contribution < 1.29 is 19.1 Å². The highest BCUT2D eigenvalue weighted by atomic mass is 16.5. The molecular formula is C24H24N2O4. The number of hydrogen-bond acceptors (Lipinski definition) is 4. The largest absolute Gasteiger partial charge is 0.489 e. The molecule has 0 unspecified atom stereocenters. The minimum atomic E-state index is -0.264. The molecule has 0 atom stereocenters. The van der Waals surface area contributed by atoms with Crippen LogP contribution in [0.25, 0.3) is 0 Å². The van der Waals surface area contributed by atoms with Crippen molar-refractivity contribution in [3.63, 3.8) is 0 Å². The summed E-state index contributed by atoms with van der Waals surface area (Å²) in [5.74, 6) is 0.616. The molecule has 154 valence electrons. The lowest BCUT2D eigenvalue weighted by Gasteiger charge is -2.10. The Morgan fingerprint density at radius 3 is 2.37 bits per heavy atom. The normalized spacial score (nSPS) is 10.2. The van der Waals surface area contributed by atoms with Crippen molar-refractivity contribution in [3.05, 3.63) is 89.5 Å². The maximum atomic E-state index is 12.6. The zero-order chi connectivity index (χ0) is 21.3. The number of hydrogen-bond donors (Lipinski definition) is 2. The molecule has 0 aliphatic rings. The number of carbonyl (C=O) groups excluding carboxylic acids is 2. The number of likely N-dealkylation sites (N-methyl/N-ethyl adjacent to an activating group) is 1. The van der Waals surface area contributed by atoms with Crippen molar-refractivity contribution in [3.8, 4) is 11.5 Å². The molecule has 30 heavy (non-hydrogen) atoms. The molecule has 0 aliphatic heterocycles. The fourth-order valence-electron chi connectivity index (χ4n) is 2.78. The highest BCUT2D eigenvalue weighted by molar-refractivity contribution is 6.04. The molecule has 0 saturated heterocycles. The summed E-state index contributed by atoms with van der Waals surface area (Å²) in [4.78, 5) is 23.9. The Balaban J connectivity index is 1.61. The molecule has 0 aromatic heterocycles. The fourth-order valence-corrected chi connectivity index (χ4v) is 2.78. The molecule has 2 amide bonds. The standard InChI is InChI=1S/C24H24N2O4/c1-17-6-3-7-18(12-17)15-29-21-10-4-8-19(13-21)24(28)26-20-9-5-11-22(14-20)30-16-23(27)25-2/h3-14H,15-16H2,1-2H3,(H,25,27)(H,26,28). The van der Waals surface area contributed by atoms with Crippen LogP contribution in [0.15, 0.2) is 72.8 Å². The van der Waals surface area contributed by atoms with Gasteiger partial charge in [-0.05, 0) is 42.8 Å². The molecule has 0 aliphatic carbocycles. The van der Waals surface area contributed by atoms with E-state index >= 15 is 0 Å². The Bertz CT molecular complexity index is 1030. The third-order valence-corrected chi connectivity index (χ3v) is 4.32. The molecular weight excluding hydrogens is 380 g/mol. The fraction of sp³-hybridized carbons (Fsp3) is 0.167. The minimum Gasteiger partial charge on any atom is -0.489 e. The van der Waals surface area contributed by atoms with Gasteiger partial charge in [0.2, 0.25) is 0 Å². The summed E-state index contributed by atoms with van der Waals surface area (Å²) in [7, 11) is 1.54. The topological polar surface area (TPSA) is 76.7 Å². The second-order valence-corrected chi connectivity index (χ2v) is 6.75. The van der Waals surface area contributed by atoms with E-state index in [1.54, 1.807) is 49.5 Å². The van der Waals surface area contributed by atoms with Crippen molar-refractivity contribution in [2.75, 3.05) is 19.0 Å². The molecule has 0 heterocycles. The van der Waals surface area contributed by atoms with Crippen LogP contribution >= 0.6 is 0 Å². The summed E-state index contributed by atoms with van der Waals surface area (Å²) in [6, 6.07) is 22.0. The van der Waals surface area contributed by atoms with Gasteiger partial charge in [0, 0.05) is 24.4 Å². The number of aryl methyl sites for hydroxylation is 1. The highest BCUT2D eigenvalue weighted by Gasteiger charge is 2.09. The van der Waals surface area contributed by atoms with Crippen molar-refractivity contribution >= 4 is 17.5 Å². The lowest BCUT2D eigenvalue weighted by molar-refractivity contribution is -0.122.